The van der Waals surface area contributed by atoms with Crippen molar-refractivity contribution in [2.45, 2.75) is 6.42 Å². The van der Waals surface area contributed by atoms with Crippen molar-refractivity contribution in [3.8, 4) is 0 Å². The van der Waals surface area contributed by atoms with Crippen LogP contribution in [0.25, 0.3) is 0 Å². The summed E-state index contributed by atoms with van der Waals surface area (Å²) < 4.78 is 13.3. The first-order valence-electron chi connectivity index (χ1n) is 4.74. The number of hydrogen-bond acceptors (Lipinski definition) is 2. The highest BCUT2D eigenvalue weighted by atomic mass is 19.1. The number of likely N-dealkylation sites (tertiary alicyclic amines) is 1. The van der Waals surface area contributed by atoms with Gasteiger partial charge in [0.1, 0.15) is 5.82 Å². The van der Waals surface area contributed by atoms with E-state index in [9.17, 15) is 14.0 Å². The highest BCUT2D eigenvalue weighted by molar-refractivity contribution is 5.98. The summed E-state index contributed by atoms with van der Waals surface area (Å²) in [5.41, 5.74) is 0.0344. The number of carbonyl (C=O) groups excluding carboxylic acids is 2. The lowest BCUT2D eigenvalue weighted by Gasteiger charge is -2.14. The van der Waals surface area contributed by atoms with Gasteiger partial charge in [0.05, 0.1) is 12.1 Å². The Bertz CT molecular complexity index is 417. The molecule has 0 atom stereocenters. The molecule has 1 aromatic rings. The first-order valence-corrected chi connectivity index (χ1v) is 4.74. The fourth-order valence-corrected chi connectivity index (χ4v) is 1.61. The maximum absolute atomic E-state index is 13.3. The van der Waals surface area contributed by atoms with E-state index in [2.05, 4.69) is 0 Å². The minimum absolute atomic E-state index is 0.0275. The third-order valence-corrected chi connectivity index (χ3v) is 2.42. The molecule has 1 amide bonds. The molecule has 1 saturated heterocycles. The number of rotatable bonds is 1. The minimum Gasteiger partial charge on any atom is -0.331 e. The molecule has 0 bridgehead atoms. The van der Waals surface area contributed by atoms with Crippen LogP contribution >= 0.6 is 0 Å². The molecule has 15 heavy (non-hydrogen) atoms. The van der Waals surface area contributed by atoms with Gasteiger partial charge in [0.2, 0.25) is 0 Å². The molecule has 1 aliphatic heterocycles. The molecule has 0 radical (unpaired) electrons. The molecule has 0 unspecified atom stereocenters. The van der Waals surface area contributed by atoms with E-state index in [-0.39, 0.29) is 17.9 Å². The van der Waals surface area contributed by atoms with Crippen LogP contribution in [0.15, 0.2) is 24.3 Å². The number of hydrogen-bond donors (Lipinski definition) is 0. The van der Waals surface area contributed by atoms with Crippen LogP contribution in [-0.2, 0) is 4.79 Å². The van der Waals surface area contributed by atoms with Gasteiger partial charge in [0.25, 0.3) is 5.91 Å². The summed E-state index contributed by atoms with van der Waals surface area (Å²) >= 11 is 0. The lowest BCUT2D eigenvalue weighted by Crippen LogP contribution is -2.29. The van der Waals surface area contributed by atoms with Crippen molar-refractivity contribution in [3.05, 3.63) is 35.6 Å². The lowest BCUT2D eigenvalue weighted by molar-refractivity contribution is -0.116. The van der Waals surface area contributed by atoms with E-state index in [4.69, 9.17) is 0 Å². The fourth-order valence-electron chi connectivity index (χ4n) is 1.61. The molecule has 2 rings (SSSR count). The van der Waals surface area contributed by atoms with Crippen LogP contribution in [-0.4, -0.2) is 29.7 Å². The molecule has 0 N–H and O–H groups in total. The van der Waals surface area contributed by atoms with Crippen molar-refractivity contribution in [1.82, 2.24) is 4.90 Å². The predicted octanol–water partition coefficient (Wildman–Crippen LogP) is 1.24. The highest BCUT2D eigenvalue weighted by Gasteiger charge is 2.26. The van der Waals surface area contributed by atoms with Gasteiger partial charge in [-0.3, -0.25) is 9.59 Å². The maximum atomic E-state index is 13.3. The Labute approximate surface area is 86.5 Å². The molecular formula is C11H10FNO2. The standard InChI is InChI=1S/C11H10FNO2/c12-10-4-2-1-3-9(10)11(15)13-6-5-8(14)7-13/h1-4H,5-7H2. The molecule has 0 aromatic heterocycles. The Balaban J connectivity index is 2.21. The van der Waals surface area contributed by atoms with Gasteiger partial charge in [-0.2, -0.15) is 0 Å². The topological polar surface area (TPSA) is 37.4 Å². The quantitative estimate of drug-likeness (QED) is 0.694. The first kappa shape index (κ1) is 9.83. The SMILES string of the molecule is O=C1CCN(C(=O)c2ccccc2F)C1. The van der Waals surface area contributed by atoms with E-state index in [1.54, 1.807) is 6.07 Å². The second-order valence-electron chi connectivity index (χ2n) is 3.50. The third-order valence-electron chi connectivity index (χ3n) is 2.42. The molecule has 1 heterocycles. The average molecular weight is 207 g/mol. The zero-order valence-electron chi connectivity index (χ0n) is 8.07. The van der Waals surface area contributed by atoms with Gasteiger partial charge >= 0.3 is 0 Å². The Hall–Kier alpha value is -1.71. The normalized spacial score (nSPS) is 15.8. The molecule has 0 saturated carbocycles. The summed E-state index contributed by atoms with van der Waals surface area (Å²) in [6.45, 7) is 0.499. The molecular weight excluding hydrogens is 197 g/mol. The largest absolute Gasteiger partial charge is 0.331 e. The monoisotopic (exact) mass is 207 g/mol. The second-order valence-corrected chi connectivity index (χ2v) is 3.50. The van der Waals surface area contributed by atoms with Gasteiger partial charge in [-0.05, 0) is 12.1 Å². The Morgan fingerprint density at radius 3 is 2.67 bits per heavy atom. The van der Waals surface area contributed by atoms with Crippen LogP contribution in [0, 0.1) is 5.82 Å². The Morgan fingerprint density at radius 1 is 1.33 bits per heavy atom. The highest BCUT2D eigenvalue weighted by Crippen LogP contribution is 2.13. The summed E-state index contributed by atoms with van der Waals surface area (Å²) in [7, 11) is 0. The van der Waals surface area contributed by atoms with Gasteiger partial charge in [0, 0.05) is 13.0 Å². The van der Waals surface area contributed by atoms with E-state index in [0.717, 1.165) is 0 Å². The van der Waals surface area contributed by atoms with Crippen molar-refractivity contribution in [3.63, 3.8) is 0 Å². The van der Waals surface area contributed by atoms with Crippen LogP contribution in [0.2, 0.25) is 0 Å². The predicted molar refractivity (Wildman–Crippen MR) is 51.9 cm³/mol. The number of nitrogens with zero attached hydrogens (tertiary/aromatic N) is 1. The third kappa shape index (κ3) is 1.88. The molecule has 1 aromatic carbocycles. The zero-order valence-corrected chi connectivity index (χ0v) is 8.07. The van der Waals surface area contributed by atoms with Crippen LogP contribution in [0.5, 0.6) is 0 Å². The average Bonchev–Trinajstić information content (AvgIpc) is 2.65. The van der Waals surface area contributed by atoms with Gasteiger partial charge in [-0.1, -0.05) is 12.1 Å². The van der Waals surface area contributed by atoms with Crippen molar-refractivity contribution in [2.24, 2.45) is 0 Å². The van der Waals surface area contributed by atoms with Gasteiger partial charge < -0.3 is 4.90 Å². The Morgan fingerprint density at radius 2 is 2.07 bits per heavy atom. The number of benzene rings is 1. The second kappa shape index (κ2) is 3.81. The van der Waals surface area contributed by atoms with Crippen molar-refractivity contribution >= 4 is 11.7 Å². The summed E-state index contributed by atoms with van der Waals surface area (Å²) in [4.78, 5) is 24.1. The van der Waals surface area contributed by atoms with Crippen molar-refractivity contribution in [1.29, 1.82) is 0 Å². The molecule has 3 nitrogen and oxygen atoms in total. The van der Waals surface area contributed by atoms with Gasteiger partial charge in [-0.25, -0.2) is 4.39 Å². The number of amides is 1. The lowest BCUT2D eigenvalue weighted by atomic mass is 10.2. The smallest absolute Gasteiger partial charge is 0.257 e. The van der Waals surface area contributed by atoms with E-state index in [0.29, 0.717) is 13.0 Å². The fraction of sp³-hybridized carbons (Fsp3) is 0.273. The molecule has 4 heteroatoms. The van der Waals surface area contributed by atoms with Gasteiger partial charge in [0.15, 0.2) is 5.78 Å². The van der Waals surface area contributed by atoms with E-state index in [1.165, 1.54) is 23.1 Å². The number of halogens is 1. The van der Waals surface area contributed by atoms with Crippen LogP contribution in [0.3, 0.4) is 0 Å². The van der Waals surface area contributed by atoms with Crippen LogP contribution < -0.4 is 0 Å². The van der Waals surface area contributed by atoms with Crippen LogP contribution in [0.1, 0.15) is 16.8 Å². The summed E-state index contributed by atoms with van der Waals surface area (Å²) in [5.74, 6) is -0.916. The van der Waals surface area contributed by atoms with E-state index >= 15 is 0 Å². The number of carbonyl (C=O) groups is 2. The van der Waals surface area contributed by atoms with Crippen molar-refractivity contribution < 1.29 is 14.0 Å². The van der Waals surface area contributed by atoms with E-state index < -0.39 is 11.7 Å². The summed E-state index contributed by atoms with van der Waals surface area (Å²) in [6.07, 6.45) is 0.375. The molecule has 78 valence electrons. The summed E-state index contributed by atoms with van der Waals surface area (Å²) in [6, 6.07) is 5.81. The molecule has 0 spiro atoms. The van der Waals surface area contributed by atoms with E-state index in [1.807, 2.05) is 0 Å². The molecule has 0 aliphatic carbocycles. The Kier molecular flexibility index (Phi) is 2.49. The number of Topliss-reactive ketones (excluding diaryl/α,β-unsaturated/α-hetero) is 1. The molecule has 1 fully saturated rings. The molecule has 1 aliphatic rings. The van der Waals surface area contributed by atoms with Crippen molar-refractivity contribution in [2.75, 3.05) is 13.1 Å². The zero-order chi connectivity index (χ0) is 10.8. The first-order chi connectivity index (χ1) is 7.18. The maximum Gasteiger partial charge on any atom is 0.257 e. The number of ketones is 1. The van der Waals surface area contributed by atoms with Gasteiger partial charge in [-0.15, -0.1) is 0 Å². The summed E-state index contributed by atoms with van der Waals surface area (Å²) in [5, 5.41) is 0. The minimum atomic E-state index is -0.540. The van der Waals surface area contributed by atoms with Crippen LogP contribution in [0.4, 0.5) is 4.39 Å².